The van der Waals surface area contributed by atoms with E-state index < -0.39 is 0 Å². The zero-order chi connectivity index (χ0) is 18.9. The molecule has 0 aliphatic rings. The first kappa shape index (κ1) is 16.1. The fraction of sp³-hybridized carbons (Fsp3) is 0. The van der Waals surface area contributed by atoms with Crippen molar-refractivity contribution < 1.29 is 18.0 Å². The summed E-state index contributed by atoms with van der Waals surface area (Å²) in [5, 5.41) is 11.8. The number of hydrogen-bond acceptors (Lipinski definition) is 6. The van der Waals surface area contributed by atoms with Gasteiger partial charge in [-0.05, 0) is 54.6 Å². The van der Waals surface area contributed by atoms with Gasteiger partial charge in [-0.25, -0.2) is 0 Å². The van der Waals surface area contributed by atoms with Gasteiger partial charge in [-0.3, -0.25) is 4.79 Å². The van der Waals surface area contributed by atoms with E-state index in [9.17, 15) is 4.79 Å². The largest absolute Gasteiger partial charge is 0.464 e. The molecule has 0 saturated heterocycles. The van der Waals surface area contributed by atoms with Gasteiger partial charge < -0.3 is 18.6 Å². The number of carbonyl (C=O) groups excluding carboxylic acids is 1. The average Bonchev–Trinajstić information content (AvgIpc) is 3.48. The highest BCUT2D eigenvalue weighted by Gasteiger charge is 2.14. The van der Waals surface area contributed by atoms with E-state index in [2.05, 4.69) is 15.5 Å². The average molecular weight is 371 g/mol. The number of benzene rings is 2. The topological polar surface area (TPSA) is 94.3 Å². The van der Waals surface area contributed by atoms with Crippen LogP contribution in [-0.2, 0) is 0 Å². The van der Waals surface area contributed by atoms with Crippen LogP contribution in [0.15, 0.2) is 86.4 Å². The van der Waals surface area contributed by atoms with Crippen LogP contribution in [0, 0.1) is 0 Å². The first-order valence-corrected chi connectivity index (χ1v) is 8.53. The third-order valence-electron chi connectivity index (χ3n) is 4.24. The first-order chi connectivity index (χ1) is 13.8. The molecule has 0 fully saturated rings. The zero-order valence-electron chi connectivity index (χ0n) is 14.5. The van der Waals surface area contributed by atoms with Gasteiger partial charge in [0.1, 0.15) is 5.58 Å². The van der Waals surface area contributed by atoms with Crippen LogP contribution in [0.4, 0.5) is 5.69 Å². The van der Waals surface area contributed by atoms with E-state index in [4.69, 9.17) is 13.3 Å². The quantitative estimate of drug-likeness (QED) is 0.478. The molecule has 0 unspecified atom stereocenters. The summed E-state index contributed by atoms with van der Waals surface area (Å²) in [7, 11) is 0. The summed E-state index contributed by atoms with van der Waals surface area (Å²) in [5.74, 6) is 0.907. The first-order valence-electron chi connectivity index (χ1n) is 8.53. The van der Waals surface area contributed by atoms with Crippen molar-refractivity contribution in [1.82, 2.24) is 10.2 Å². The van der Waals surface area contributed by atoms with E-state index in [0.29, 0.717) is 34.4 Å². The van der Waals surface area contributed by atoms with Crippen molar-refractivity contribution in [2.24, 2.45) is 0 Å². The molecule has 0 bridgehead atoms. The molecule has 2 aromatic carbocycles. The van der Waals surface area contributed by atoms with Crippen LogP contribution in [0.3, 0.4) is 0 Å². The Bertz CT molecular complexity index is 1270. The summed E-state index contributed by atoms with van der Waals surface area (Å²) in [5.41, 5.74) is 2.58. The fourth-order valence-electron chi connectivity index (χ4n) is 2.88. The van der Waals surface area contributed by atoms with Gasteiger partial charge in [0.2, 0.25) is 5.89 Å². The maximum absolute atomic E-state index is 12.6. The van der Waals surface area contributed by atoms with Crippen molar-refractivity contribution in [3.8, 4) is 23.1 Å². The number of aromatic nitrogens is 2. The van der Waals surface area contributed by atoms with E-state index in [1.54, 1.807) is 54.8 Å². The van der Waals surface area contributed by atoms with Crippen molar-refractivity contribution >= 4 is 22.6 Å². The lowest BCUT2D eigenvalue weighted by Crippen LogP contribution is -2.11. The Hall–Kier alpha value is -4.13. The lowest BCUT2D eigenvalue weighted by molar-refractivity contribution is 0.102. The molecular formula is C21H13N3O4. The van der Waals surface area contributed by atoms with Crippen molar-refractivity contribution in [3.05, 3.63) is 78.8 Å². The van der Waals surface area contributed by atoms with Crippen LogP contribution in [-0.4, -0.2) is 16.1 Å². The summed E-state index contributed by atoms with van der Waals surface area (Å²) >= 11 is 0. The standard InChI is InChI=1S/C21H13N3O4/c25-19(14-6-7-17-13(11-14)8-10-27-17)22-16-4-1-3-15(12-16)20-23-24-21(28-20)18-5-2-9-26-18/h1-12H,(H,22,25). The van der Waals surface area contributed by atoms with Gasteiger partial charge in [-0.2, -0.15) is 0 Å². The molecule has 0 saturated carbocycles. The number of hydrogen-bond donors (Lipinski definition) is 1. The van der Waals surface area contributed by atoms with Crippen molar-refractivity contribution in [3.63, 3.8) is 0 Å². The minimum atomic E-state index is -0.220. The molecule has 136 valence electrons. The lowest BCUT2D eigenvalue weighted by Gasteiger charge is -2.06. The molecule has 5 rings (SSSR count). The number of carbonyl (C=O) groups is 1. The molecular weight excluding hydrogens is 358 g/mol. The summed E-state index contributed by atoms with van der Waals surface area (Å²) in [6, 6.07) is 17.8. The highest BCUT2D eigenvalue weighted by molar-refractivity contribution is 6.06. The van der Waals surface area contributed by atoms with E-state index >= 15 is 0 Å². The Balaban J connectivity index is 1.39. The number of nitrogens with zero attached hydrogens (tertiary/aromatic N) is 2. The number of anilines is 1. The third kappa shape index (κ3) is 2.95. The second kappa shape index (κ2) is 6.55. The Morgan fingerprint density at radius 2 is 1.79 bits per heavy atom. The number of furan rings is 2. The van der Waals surface area contributed by atoms with Crippen LogP contribution in [0.5, 0.6) is 0 Å². The fourth-order valence-corrected chi connectivity index (χ4v) is 2.88. The molecule has 0 radical (unpaired) electrons. The van der Waals surface area contributed by atoms with Gasteiger partial charge in [0.05, 0.1) is 12.5 Å². The molecule has 3 heterocycles. The molecule has 0 aliphatic heterocycles. The normalized spacial score (nSPS) is 11.0. The predicted octanol–water partition coefficient (Wildman–Crippen LogP) is 5.00. The minimum Gasteiger partial charge on any atom is -0.464 e. The number of nitrogens with one attached hydrogen (secondary N) is 1. The highest BCUT2D eigenvalue weighted by Crippen LogP contribution is 2.26. The van der Waals surface area contributed by atoms with Crippen LogP contribution >= 0.6 is 0 Å². The molecule has 3 aromatic heterocycles. The Morgan fingerprint density at radius 3 is 2.68 bits per heavy atom. The van der Waals surface area contributed by atoms with Gasteiger partial charge >= 0.3 is 0 Å². The third-order valence-corrected chi connectivity index (χ3v) is 4.24. The van der Waals surface area contributed by atoms with E-state index in [-0.39, 0.29) is 5.91 Å². The molecule has 7 nitrogen and oxygen atoms in total. The maximum Gasteiger partial charge on any atom is 0.283 e. The molecule has 1 amide bonds. The van der Waals surface area contributed by atoms with Crippen molar-refractivity contribution in [2.75, 3.05) is 5.32 Å². The van der Waals surface area contributed by atoms with Gasteiger partial charge in [0, 0.05) is 22.2 Å². The van der Waals surface area contributed by atoms with Crippen molar-refractivity contribution in [1.29, 1.82) is 0 Å². The zero-order valence-corrected chi connectivity index (χ0v) is 14.5. The van der Waals surface area contributed by atoms with Gasteiger partial charge in [-0.15, -0.1) is 10.2 Å². The molecule has 0 spiro atoms. The Morgan fingerprint density at radius 1 is 0.857 bits per heavy atom. The molecule has 0 atom stereocenters. The highest BCUT2D eigenvalue weighted by atomic mass is 16.4. The van der Waals surface area contributed by atoms with Gasteiger partial charge in [0.25, 0.3) is 11.8 Å². The van der Waals surface area contributed by atoms with Gasteiger partial charge in [-0.1, -0.05) is 6.07 Å². The predicted molar refractivity (Wildman–Crippen MR) is 102 cm³/mol. The van der Waals surface area contributed by atoms with Crippen LogP contribution in [0.25, 0.3) is 34.1 Å². The summed E-state index contributed by atoms with van der Waals surface area (Å²) < 4.78 is 16.2. The van der Waals surface area contributed by atoms with Crippen LogP contribution < -0.4 is 5.32 Å². The number of amides is 1. The SMILES string of the molecule is O=C(Nc1cccc(-c2nnc(-c3ccco3)o2)c1)c1ccc2occc2c1. The molecule has 28 heavy (non-hydrogen) atoms. The smallest absolute Gasteiger partial charge is 0.283 e. The molecule has 1 N–H and O–H groups in total. The Kier molecular flexibility index (Phi) is 3.76. The number of rotatable bonds is 4. The van der Waals surface area contributed by atoms with E-state index in [1.807, 2.05) is 12.1 Å². The second-order valence-electron chi connectivity index (χ2n) is 6.10. The monoisotopic (exact) mass is 371 g/mol. The van der Waals surface area contributed by atoms with Crippen molar-refractivity contribution in [2.45, 2.75) is 0 Å². The summed E-state index contributed by atoms with van der Waals surface area (Å²) in [6.45, 7) is 0. The Labute approximate surface area is 158 Å². The molecule has 7 heteroatoms. The maximum atomic E-state index is 12.6. The van der Waals surface area contributed by atoms with Crippen LogP contribution in [0.2, 0.25) is 0 Å². The van der Waals surface area contributed by atoms with E-state index in [0.717, 1.165) is 11.0 Å². The molecule has 5 aromatic rings. The lowest BCUT2D eigenvalue weighted by atomic mass is 10.1. The second-order valence-corrected chi connectivity index (χ2v) is 6.10. The number of fused-ring (bicyclic) bond motifs is 1. The summed E-state index contributed by atoms with van der Waals surface area (Å²) in [6.07, 6.45) is 3.13. The van der Waals surface area contributed by atoms with E-state index in [1.165, 1.54) is 6.26 Å². The molecule has 0 aliphatic carbocycles. The van der Waals surface area contributed by atoms with Gasteiger partial charge in [0.15, 0.2) is 5.76 Å². The minimum absolute atomic E-state index is 0.220. The summed E-state index contributed by atoms with van der Waals surface area (Å²) in [4.78, 5) is 12.6. The van der Waals surface area contributed by atoms with Crippen LogP contribution in [0.1, 0.15) is 10.4 Å².